The fraction of sp³-hybridized carbons (Fsp3) is 0.711. The Hall–Kier alpha value is -1.32. The fourth-order valence-corrected chi connectivity index (χ4v) is 13.4. The van der Waals surface area contributed by atoms with Gasteiger partial charge in [0.2, 0.25) is 0 Å². The van der Waals surface area contributed by atoms with Gasteiger partial charge in [0.1, 0.15) is 22.0 Å². The zero-order chi connectivity index (χ0) is 39.2. The van der Waals surface area contributed by atoms with Crippen LogP contribution < -0.4 is 9.47 Å². The van der Waals surface area contributed by atoms with Crippen LogP contribution in [0.1, 0.15) is 184 Å². The van der Waals surface area contributed by atoms with Gasteiger partial charge in [0.25, 0.3) is 0 Å². The first-order valence-corrected chi connectivity index (χ1v) is 23.9. The standard InChI is InChI=1S/C45H70O4S4/c1-14-20-22-31(16-3)28-47-36-24-33(27-46)50-41(36)45(13,19-6)37-25-34-39(51-37)40-35(49-42(34,8)9)26-38(52-40)44(12,18-5)30(7)53-43(10,11)48-29-32(17-4)23-21-15-2/h24-27,30-32H,14-23,28-29H2,1-13H3. The van der Waals surface area contributed by atoms with Crippen molar-refractivity contribution in [2.45, 2.75) is 181 Å². The Morgan fingerprint density at radius 3 is 2.02 bits per heavy atom. The van der Waals surface area contributed by atoms with Crippen LogP contribution >= 0.6 is 45.8 Å². The third kappa shape index (κ3) is 9.98. The minimum atomic E-state index is -0.465. The van der Waals surface area contributed by atoms with Crippen molar-refractivity contribution >= 4 is 52.1 Å². The molecule has 8 heteroatoms. The fourth-order valence-electron chi connectivity index (χ4n) is 7.46. The normalized spacial score (nSPS) is 17.9. The second-order valence-electron chi connectivity index (χ2n) is 16.8. The molecule has 0 bridgehead atoms. The predicted molar refractivity (Wildman–Crippen MR) is 235 cm³/mol. The molecule has 0 radical (unpaired) electrons. The molecule has 0 spiro atoms. The Balaban J connectivity index is 1.66. The van der Waals surface area contributed by atoms with Gasteiger partial charge in [-0.3, -0.25) is 4.79 Å². The first kappa shape index (κ1) is 44.4. The van der Waals surface area contributed by atoms with E-state index in [0.717, 1.165) is 53.4 Å². The van der Waals surface area contributed by atoms with Gasteiger partial charge in [0.05, 0.1) is 32.7 Å². The first-order chi connectivity index (χ1) is 25.1. The molecule has 0 saturated carbocycles. The topological polar surface area (TPSA) is 44.8 Å². The smallest absolute Gasteiger partial charge is 0.160 e. The molecule has 0 N–H and O–H groups in total. The number of aldehydes is 1. The molecule has 5 unspecified atom stereocenters. The zero-order valence-corrected chi connectivity index (χ0v) is 38.6. The molecule has 4 heterocycles. The number of thioether (sulfide) groups is 1. The number of thiophene rings is 3. The molecule has 0 aliphatic carbocycles. The molecule has 0 aromatic carbocycles. The molecular formula is C45H70O4S4. The maximum atomic E-state index is 12.1. The summed E-state index contributed by atoms with van der Waals surface area (Å²) in [6.45, 7) is 31.3. The monoisotopic (exact) mass is 802 g/mol. The Kier molecular flexibility index (Phi) is 15.7. The summed E-state index contributed by atoms with van der Waals surface area (Å²) in [6, 6.07) is 6.72. The van der Waals surface area contributed by atoms with Crippen LogP contribution in [-0.2, 0) is 21.2 Å². The molecule has 3 aromatic rings. The lowest BCUT2D eigenvalue weighted by Gasteiger charge is -2.38. The van der Waals surface area contributed by atoms with Gasteiger partial charge >= 0.3 is 0 Å². The number of rotatable bonds is 23. The van der Waals surface area contributed by atoms with Gasteiger partial charge < -0.3 is 14.2 Å². The molecular weight excluding hydrogens is 733 g/mol. The summed E-state index contributed by atoms with van der Waals surface area (Å²) in [6.07, 6.45) is 12.5. The minimum absolute atomic E-state index is 0.0483. The summed E-state index contributed by atoms with van der Waals surface area (Å²) < 4.78 is 20.2. The summed E-state index contributed by atoms with van der Waals surface area (Å²) in [5.74, 6) is 3.03. The molecule has 298 valence electrons. The highest BCUT2D eigenvalue weighted by Crippen LogP contribution is 2.58. The molecule has 5 atom stereocenters. The van der Waals surface area contributed by atoms with Crippen molar-refractivity contribution in [2.75, 3.05) is 13.2 Å². The van der Waals surface area contributed by atoms with E-state index in [2.05, 4.69) is 102 Å². The predicted octanol–water partition coefficient (Wildman–Crippen LogP) is 15.0. The van der Waals surface area contributed by atoms with Gasteiger partial charge in [0.15, 0.2) is 6.29 Å². The molecule has 4 rings (SSSR count). The maximum Gasteiger partial charge on any atom is 0.160 e. The minimum Gasteiger partial charge on any atom is -0.492 e. The molecule has 0 fully saturated rings. The van der Waals surface area contributed by atoms with Gasteiger partial charge in [-0.25, -0.2) is 0 Å². The van der Waals surface area contributed by atoms with Gasteiger partial charge in [0, 0.05) is 37.5 Å². The third-order valence-corrected chi connectivity index (χ3v) is 17.9. The van der Waals surface area contributed by atoms with Crippen molar-refractivity contribution in [1.29, 1.82) is 0 Å². The van der Waals surface area contributed by atoms with E-state index in [-0.39, 0.29) is 15.8 Å². The zero-order valence-electron chi connectivity index (χ0n) is 35.3. The first-order valence-electron chi connectivity index (χ1n) is 20.6. The van der Waals surface area contributed by atoms with E-state index in [1.54, 1.807) is 11.3 Å². The quantitative estimate of drug-likeness (QED) is 0.0706. The van der Waals surface area contributed by atoms with Crippen molar-refractivity contribution in [2.24, 2.45) is 11.8 Å². The number of ether oxygens (including phenoxy) is 3. The van der Waals surface area contributed by atoms with E-state index >= 15 is 0 Å². The Morgan fingerprint density at radius 1 is 0.830 bits per heavy atom. The van der Waals surface area contributed by atoms with Crippen molar-refractivity contribution in [1.82, 2.24) is 0 Å². The molecule has 3 aromatic heterocycles. The van der Waals surface area contributed by atoms with Crippen molar-refractivity contribution in [3.63, 3.8) is 0 Å². The number of carbonyl (C=O) groups is 1. The summed E-state index contributed by atoms with van der Waals surface area (Å²) >= 11 is 7.39. The Labute approximate surface area is 339 Å². The summed E-state index contributed by atoms with van der Waals surface area (Å²) in [7, 11) is 0. The molecule has 1 aliphatic rings. The lowest BCUT2D eigenvalue weighted by Crippen LogP contribution is -2.36. The molecule has 4 nitrogen and oxygen atoms in total. The van der Waals surface area contributed by atoms with Crippen LogP contribution in [0.4, 0.5) is 0 Å². The average molecular weight is 803 g/mol. The summed E-state index contributed by atoms with van der Waals surface area (Å²) in [4.78, 5) is 19.0. The molecule has 53 heavy (non-hydrogen) atoms. The second-order valence-corrected chi connectivity index (χ2v) is 21.9. The van der Waals surface area contributed by atoms with Crippen molar-refractivity contribution in [3.05, 3.63) is 43.3 Å². The van der Waals surface area contributed by atoms with Gasteiger partial charge in [-0.15, -0.1) is 45.8 Å². The average Bonchev–Trinajstić information content (AvgIpc) is 3.88. The van der Waals surface area contributed by atoms with E-state index in [1.165, 1.54) is 70.0 Å². The van der Waals surface area contributed by atoms with Gasteiger partial charge in [-0.1, -0.05) is 93.9 Å². The molecule has 0 saturated heterocycles. The Bertz CT molecular complexity index is 1610. The van der Waals surface area contributed by atoms with Gasteiger partial charge in [-0.05, 0) is 84.3 Å². The maximum absolute atomic E-state index is 12.1. The SMILES string of the molecule is CCCCC(CC)COc1cc(C=O)sc1C(C)(CC)c1cc2c(s1)-c1sc(C(C)(CC)C(C)SC(C)(C)OCC(CC)CCCC)cc1OC2(C)C. The van der Waals surface area contributed by atoms with E-state index in [0.29, 0.717) is 23.7 Å². The van der Waals surface area contributed by atoms with Crippen LogP contribution in [0.2, 0.25) is 0 Å². The Morgan fingerprint density at radius 2 is 1.45 bits per heavy atom. The van der Waals surface area contributed by atoms with Gasteiger partial charge in [-0.2, -0.15) is 0 Å². The third-order valence-electron chi connectivity index (χ3n) is 12.1. The van der Waals surface area contributed by atoms with E-state index < -0.39 is 5.60 Å². The summed E-state index contributed by atoms with van der Waals surface area (Å²) in [5, 5.41) is 0.339. The van der Waals surface area contributed by atoms with Crippen LogP contribution in [0, 0.1) is 11.8 Å². The number of hydrogen-bond donors (Lipinski definition) is 0. The van der Waals surface area contributed by atoms with Crippen LogP contribution in [0.5, 0.6) is 11.5 Å². The largest absolute Gasteiger partial charge is 0.492 e. The highest BCUT2D eigenvalue weighted by Gasteiger charge is 2.44. The van der Waals surface area contributed by atoms with Crippen molar-refractivity contribution < 1.29 is 19.0 Å². The van der Waals surface area contributed by atoms with Crippen LogP contribution in [0.3, 0.4) is 0 Å². The summed E-state index contributed by atoms with van der Waals surface area (Å²) in [5.41, 5.74) is 0.439. The highest BCUT2D eigenvalue weighted by atomic mass is 32.2. The van der Waals surface area contributed by atoms with Crippen LogP contribution in [-0.4, -0.2) is 29.7 Å². The lowest BCUT2D eigenvalue weighted by atomic mass is 9.82. The van der Waals surface area contributed by atoms with E-state index in [9.17, 15) is 4.79 Å². The van der Waals surface area contributed by atoms with Crippen LogP contribution in [0.25, 0.3) is 9.75 Å². The second kappa shape index (κ2) is 18.7. The van der Waals surface area contributed by atoms with E-state index in [1.807, 2.05) is 40.5 Å². The molecule has 1 aliphatic heterocycles. The van der Waals surface area contributed by atoms with Crippen LogP contribution in [0.15, 0.2) is 18.2 Å². The number of hydrogen-bond acceptors (Lipinski definition) is 8. The van der Waals surface area contributed by atoms with Crippen molar-refractivity contribution in [3.8, 4) is 21.3 Å². The van der Waals surface area contributed by atoms with E-state index in [4.69, 9.17) is 14.2 Å². The molecule has 0 amide bonds. The number of fused-ring (bicyclic) bond motifs is 3. The number of carbonyl (C=O) groups excluding carboxylic acids is 1. The lowest BCUT2D eigenvalue weighted by molar-refractivity contribution is 0.0238. The number of unbranched alkanes of at least 4 members (excludes halogenated alkanes) is 2. The highest BCUT2D eigenvalue weighted by molar-refractivity contribution is 8.01.